The van der Waals surface area contributed by atoms with Gasteiger partial charge in [0, 0.05) is 0 Å². The van der Waals surface area contributed by atoms with E-state index in [1.54, 1.807) is 0 Å². The molecule has 0 N–H and O–H groups in total. The van der Waals surface area contributed by atoms with Gasteiger partial charge in [-0.05, 0) is 18.4 Å². The number of benzene rings is 1. The van der Waals surface area contributed by atoms with Gasteiger partial charge in [-0.3, -0.25) is 0 Å². The second-order valence-corrected chi connectivity index (χ2v) is 3.85. The van der Waals surface area contributed by atoms with Crippen molar-refractivity contribution in [2.45, 2.75) is 19.8 Å². The van der Waals surface area contributed by atoms with Crippen LogP contribution in [0.1, 0.15) is 18.9 Å². The van der Waals surface area contributed by atoms with E-state index in [4.69, 9.17) is 4.74 Å². The van der Waals surface area contributed by atoms with Crippen LogP contribution in [0, 0.1) is 0 Å². The first kappa shape index (κ1) is 11.8. The second-order valence-electron chi connectivity index (χ2n) is 3.85. The van der Waals surface area contributed by atoms with Crippen molar-refractivity contribution in [1.29, 1.82) is 0 Å². The lowest BCUT2D eigenvalue weighted by molar-refractivity contribution is -0.475. The summed E-state index contributed by atoms with van der Waals surface area (Å²) in [6.07, 6.45) is 2.15. The summed E-state index contributed by atoms with van der Waals surface area (Å²) in [5.41, 5.74) is 1.38. The van der Waals surface area contributed by atoms with Crippen molar-refractivity contribution in [3.05, 3.63) is 35.9 Å². The highest BCUT2D eigenvalue weighted by atomic mass is 16.5. The minimum Gasteiger partial charge on any atom is -0.448 e. The zero-order valence-electron chi connectivity index (χ0n) is 9.86. The molecule has 0 aliphatic carbocycles. The van der Waals surface area contributed by atoms with Crippen molar-refractivity contribution in [3.8, 4) is 0 Å². The molecule has 0 saturated carbocycles. The molecule has 0 atom stereocenters. The summed E-state index contributed by atoms with van der Waals surface area (Å²) < 4.78 is 7.56. The van der Waals surface area contributed by atoms with Gasteiger partial charge < -0.3 is 4.74 Å². The molecule has 2 heteroatoms. The van der Waals surface area contributed by atoms with Gasteiger partial charge in [-0.15, -0.1) is 0 Å². The van der Waals surface area contributed by atoms with E-state index in [0.29, 0.717) is 0 Å². The van der Waals surface area contributed by atoms with Crippen LogP contribution in [0.3, 0.4) is 0 Å². The van der Waals surface area contributed by atoms with E-state index in [0.717, 1.165) is 25.3 Å². The van der Waals surface area contributed by atoms with E-state index < -0.39 is 0 Å². The molecule has 15 heavy (non-hydrogen) atoms. The normalized spacial score (nSPS) is 9.80. The third-order valence-corrected chi connectivity index (χ3v) is 2.39. The molecule has 0 unspecified atom stereocenters. The first-order valence-electron chi connectivity index (χ1n) is 5.38. The van der Waals surface area contributed by atoms with Crippen LogP contribution in [0.4, 0.5) is 0 Å². The molecule has 0 spiro atoms. The van der Waals surface area contributed by atoms with Gasteiger partial charge in [0.05, 0.1) is 13.5 Å². The molecule has 2 nitrogen and oxygen atoms in total. The Kier molecular flexibility index (Phi) is 4.88. The van der Waals surface area contributed by atoms with E-state index in [1.165, 1.54) is 5.56 Å². The van der Waals surface area contributed by atoms with Gasteiger partial charge in [-0.2, -0.15) is 0 Å². The van der Waals surface area contributed by atoms with E-state index in [9.17, 15) is 0 Å². The highest BCUT2D eigenvalue weighted by Crippen LogP contribution is 2.02. The van der Waals surface area contributed by atoms with Gasteiger partial charge >= 0.3 is 5.90 Å². The van der Waals surface area contributed by atoms with Crippen LogP contribution in [0.2, 0.25) is 0 Å². The number of nitrogens with zero attached hydrogens (tertiary/aromatic N) is 1. The number of aryl methyl sites for hydroxylation is 1. The van der Waals surface area contributed by atoms with Crippen molar-refractivity contribution >= 4 is 5.90 Å². The monoisotopic (exact) mass is 206 g/mol. The Balaban J connectivity index is 2.21. The number of hydrogen-bond donors (Lipinski definition) is 0. The van der Waals surface area contributed by atoms with Gasteiger partial charge in [-0.25, -0.2) is 4.58 Å². The molecule has 0 aliphatic heterocycles. The average molecular weight is 206 g/mol. The van der Waals surface area contributed by atoms with Crippen LogP contribution in [-0.2, 0) is 11.2 Å². The second kappa shape index (κ2) is 6.23. The van der Waals surface area contributed by atoms with Gasteiger partial charge in [0.15, 0.2) is 0 Å². The van der Waals surface area contributed by atoms with Crippen LogP contribution in [0.25, 0.3) is 0 Å². The summed E-state index contributed by atoms with van der Waals surface area (Å²) in [6.45, 7) is 2.78. The maximum absolute atomic E-state index is 5.57. The molecule has 82 valence electrons. The lowest BCUT2D eigenvalue weighted by Crippen LogP contribution is -2.14. The van der Waals surface area contributed by atoms with Gasteiger partial charge in [0.25, 0.3) is 0 Å². The van der Waals surface area contributed by atoms with E-state index >= 15 is 0 Å². The van der Waals surface area contributed by atoms with Crippen LogP contribution >= 0.6 is 0 Å². The fourth-order valence-electron chi connectivity index (χ4n) is 1.27. The Labute approximate surface area is 92.2 Å². The fraction of sp³-hybridized carbons (Fsp3) is 0.462. The maximum atomic E-state index is 5.57. The minimum absolute atomic E-state index is 0.791. The molecule has 0 saturated heterocycles. The Bertz CT molecular complexity index is 313. The fourth-order valence-corrected chi connectivity index (χ4v) is 1.27. The van der Waals surface area contributed by atoms with E-state index in [2.05, 4.69) is 24.3 Å². The van der Waals surface area contributed by atoms with Gasteiger partial charge in [0.1, 0.15) is 14.1 Å². The number of rotatable bonds is 4. The molecular formula is C13H20NO+. The van der Waals surface area contributed by atoms with Gasteiger partial charge in [0.2, 0.25) is 0 Å². The van der Waals surface area contributed by atoms with E-state index in [-0.39, 0.29) is 0 Å². The van der Waals surface area contributed by atoms with Gasteiger partial charge in [-0.1, -0.05) is 30.3 Å². The standard InChI is InChI=1S/C13H20NO/c1-12(14(2)3)15-11-7-10-13-8-5-4-6-9-13/h4-6,8-9H,7,10-11H2,1-3H3/q+1. The largest absolute Gasteiger partial charge is 0.448 e. The van der Waals surface area contributed by atoms with Crippen molar-refractivity contribution < 1.29 is 9.31 Å². The average Bonchev–Trinajstić information content (AvgIpc) is 2.25. The number of hydrogen-bond acceptors (Lipinski definition) is 1. The SMILES string of the molecule is CC(OCCCc1ccccc1)=[N+](C)C. The maximum Gasteiger partial charge on any atom is 0.332 e. The molecule has 0 fully saturated rings. The van der Waals surface area contributed by atoms with Crippen LogP contribution in [0.15, 0.2) is 30.3 Å². The molecule has 1 aromatic rings. The predicted molar refractivity (Wildman–Crippen MR) is 63.5 cm³/mol. The summed E-state index contributed by atoms with van der Waals surface area (Å²) in [5, 5.41) is 0. The predicted octanol–water partition coefficient (Wildman–Crippen LogP) is 2.33. The molecule has 0 aliphatic rings. The van der Waals surface area contributed by atoms with Crippen molar-refractivity contribution in [2.75, 3.05) is 20.7 Å². The summed E-state index contributed by atoms with van der Waals surface area (Å²) in [4.78, 5) is 0. The van der Waals surface area contributed by atoms with Crippen LogP contribution < -0.4 is 0 Å². The molecule has 0 radical (unpaired) electrons. The van der Waals surface area contributed by atoms with Crippen LogP contribution in [-0.4, -0.2) is 31.2 Å². The summed E-state index contributed by atoms with van der Waals surface area (Å²) in [7, 11) is 3.99. The Morgan fingerprint density at radius 1 is 1.20 bits per heavy atom. The summed E-state index contributed by atoms with van der Waals surface area (Å²) >= 11 is 0. The van der Waals surface area contributed by atoms with Crippen molar-refractivity contribution in [2.24, 2.45) is 0 Å². The Morgan fingerprint density at radius 3 is 2.47 bits per heavy atom. The number of ether oxygens (including phenoxy) is 1. The van der Waals surface area contributed by atoms with Crippen molar-refractivity contribution in [1.82, 2.24) is 0 Å². The molecule has 0 bridgehead atoms. The molecule has 0 amide bonds. The summed E-state index contributed by atoms with van der Waals surface area (Å²) in [5.74, 6) is 0.975. The third-order valence-electron chi connectivity index (χ3n) is 2.39. The topological polar surface area (TPSA) is 12.2 Å². The zero-order valence-corrected chi connectivity index (χ0v) is 9.86. The first-order chi connectivity index (χ1) is 7.20. The van der Waals surface area contributed by atoms with E-state index in [1.807, 2.05) is 31.7 Å². The lowest BCUT2D eigenvalue weighted by Gasteiger charge is -2.03. The van der Waals surface area contributed by atoms with Crippen LogP contribution in [0.5, 0.6) is 0 Å². The molecule has 1 aromatic carbocycles. The molecule has 0 aromatic heterocycles. The third kappa shape index (κ3) is 4.63. The highest BCUT2D eigenvalue weighted by Gasteiger charge is 2.00. The van der Waals surface area contributed by atoms with Crippen molar-refractivity contribution in [3.63, 3.8) is 0 Å². The molecule has 0 heterocycles. The minimum atomic E-state index is 0.791. The Morgan fingerprint density at radius 2 is 1.87 bits per heavy atom. The first-order valence-corrected chi connectivity index (χ1v) is 5.38. The molecule has 1 rings (SSSR count). The lowest BCUT2D eigenvalue weighted by atomic mass is 10.1. The summed E-state index contributed by atoms with van der Waals surface area (Å²) in [6, 6.07) is 10.5. The molecular weight excluding hydrogens is 186 g/mol. The highest BCUT2D eigenvalue weighted by molar-refractivity contribution is 5.67. The zero-order chi connectivity index (χ0) is 11.1. The Hall–Kier alpha value is -1.31. The smallest absolute Gasteiger partial charge is 0.332 e. The quantitative estimate of drug-likeness (QED) is 0.319.